The van der Waals surface area contributed by atoms with Gasteiger partial charge in [-0.2, -0.15) is 0 Å². The first-order valence-electron chi connectivity index (χ1n) is 7.69. The van der Waals surface area contributed by atoms with Crippen LogP contribution in [0.5, 0.6) is 0 Å². The predicted octanol–water partition coefficient (Wildman–Crippen LogP) is 2.45. The summed E-state index contributed by atoms with van der Waals surface area (Å²) in [6, 6.07) is 5.15. The molecular weight excluding hydrogens is 234 g/mol. The Balaban J connectivity index is 1.62. The zero-order valence-electron chi connectivity index (χ0n) is 12.0. The highest BCUT2D eigenvalue weighted by Crippen LogP contribution is 2.21. The number of pyridine rings is 1. The average Bonchev–Trinajstić information content (AvgIpc) is 2.63. The van der Waals surface area contributed by atoms with E-state index in [1.807, 2.05) is 6.20 Å². The van der Waals surface area contributed by atoms with Crippen LogP contribution in [0.15, 0.2) is 18.3 Å². The van der Waals surface area contributed by atoms with E-state index < -0.39 is 0 Å². The van der Waals surface area contributed by atoms with Gasteiger partial charge in [0.25, 0.3) is 0 Å². The fourth-order valence-electron chi connectivity index (χ4n) is 3.44. The van der Waals surface area contributed by atoms with Crippen LogP contribution in [0.1, 0.15) is 36.9 Å². The van der Waals surface area contributed by atoms with Crippen molar-refractivity contribution in [3.63, 3.8) is 0 Å². The Morgan fingerprint density at radius 3 is 2.89 bits per heavy atom. The summed E-state index contributed by atoms with van der Waals surface area (Å²) in [5.74, 6) is 0. The lowest BCUT2D eigenvalue weighted by Gasteiger charge is -2.35. The Labute approximate surface area is 116 Å². The second-order valence-electron chi connectivity index (χ2n) is 6.08. The summed E-state index contributed by atoms with van der Waals surface area (Å²) >= 11 is 0. The number of hydrogen-bond donors (Lipinski definition) is 0. The first-order chi connectivity index (χ1) is 9.31. The van der Waals surface area contributed by atoms with Gasteiger partial charge in [0, 0.05) is 31.0 Å². The van der Waals surface area contributed by atoms with E-state index in [1.54, 1.807) is 0 Å². The first kappa shape index (κ1) is 13.1. The van der Waals surface area contributed by atoms with Crippen molar-refractivity contribution in [1.29, 1.82) is 0 Å². The zero-order chi connectivity index (χ0) is 13.1. The summed E-state index contributed by atoms with van der Waals surface area (Å²) in [5.41, 5.74) is 2.47. The summed E-state index contributed by atoms with van der Waals surface area (Å²) in [5, 5.41) is 0. The molecule has 0 bridgehead atoms. The van der Waals surface area contributed by atoms with Gasteiger partial charge in [-0.1, -0.05) is 12.5 Å². The molecule has 0 saturated carbocycles. The Kier molecular flexibility index (Phi) is 4.14. The maximum Gasteiger partial charge on any atom is 0.0372 e. The molecule has 0 amide bonds. The van der Waals surface area contributed by atoms with Crippen LogP contribution >= 0.6 is 0 Å². The van der Waals surface area contributed by atoms with E-state index in [4.69, 9.17) is 0 Å². The molecular formula is C16H25N3. The molecule has 3 rings (SSSR count). The van der Waals surface area contributed by atoms with Crippen molar-refractivity contribution in [1.82, 2.24) is 14.8 Å². The molecule has 3 heteroatoms. The van der Waals surface area contributed by atoms with Crippen LogP contribution in [0.3, 0.4) is 0 Å². The van der Waals surface area contributed by atoms with E-state index >= 15 is 0 Å². The maximum absolute atomic E-state index is 4.41. The highest BCUT2D eigenvalue weighted by Gasteiger charge is 2.26. The van der Waals surface area contributed by atoms with Gasteiger partial charge in [0.1, 0.15) is 0 Å². The summed E-state index contributed by atoms with van der Waals surface area (Å²) in [4.78, 5) is 9.76. The molecule has 0 aliphatic carbocycles. The van der Waals surface area contributed by atoms with E-state index in [9.17, 15) is 0 Å². The molecule has 0 N–H and O–H groups in total. The molecule has 1 atom stereocenters. The third-order valence-corrected chi connectivity index (χ3v) is 4.52. The fourth-order valence-corrected chi connectivity index (χ4v) is 3.44. The molecule has 2 aliphatic heterocycles. The van der Waals surface area contributed by atoms with Gasteiger partial charge >= 0.3 is 0 Å². The fraction of sp³-hybridized carbons (Fsp3) is 0.688. The molecule has 19 heavy (non-hydrogen) atoms. The normalized spacial score (nSPS) is 25.8. The Bertz CT molecular complexity index is 401. The zero-order valence-corrected chi connectivity index (χ0v) is 12.0. The van der Waals surface area contributed by atoms with E-state index in [0.29, 0.717) is 0 Å². The predicted molar refractivity (Wildman–Crippen MR) is 78.1 cm³/mol. The van der Waals surface area contributed by atoms with Gasteiger partial charge in [-0.15, -0.1) is 0 Å². The van der Waals surface area contributed by atoms with Crippen molar-refractivity contribution >= 4 is 0 Å². The largest absolute Gasteiger partial charge is 0.299 e. The molecule has 104 valence electrons. The van der Waals surface area contributed by atoms with E-state index in [0.717, 1.165) is 18.3 Å². The maximum atomic E-state index is 4.41. The number of piperidine rings is 1. The third kappa shape index (κ3) is 3.34. The first-order valence-corrected chi connectivity index (χ1v) is 7.69. The Morgan fingerprint density at radius 1 is 1.16 bits per heavy atom. The summed E-state index contributed by atoms with van der Waals surface area (Å²) in [6.45, 7) is 8.22. The minimum absolute atomic E-state index is 0.801. The van der Waals surface area contributed by atoms with Gasteiger partial charge in [0.05, 0.1) is 0 Å². The van der Waals surface area contributed by atoms with Crippen LogP contribution in [0.25, 0.3) is 0 Å². The lowest BCUT2D eigenvalue weighted by Crippen LogP contribution is -2.43. The van der Waals surface area contributed by atoms with Crippen LogP contribution in [0, 0.1) is 6.92 Å². The van der Waals surface area contributed by atoms with Gasteiger partial charge in [-0.3, -0.25) is 14.8 Å². The smallest absolute Gasteiger partial charge is 0.0372 e. The van der Waals surface area contributed by atoms with Crippen LogP contribution in [0.2, 0.25) is 0 Å². The lowest BCUT2D eigenvalue weighted by molar-refractivity contribution is 0.135. The lowest BCUT2D eigenvalue weighted by atomic mass is 10.0. The van der Waals surface area contributed by atoms with E-state index in [2.05, 4.69) is 33.8 Å². The minimum atomic E-state index is 0.801. The minimum Gasteiger partial charge on any atom is -0.299 e. The third-order valence-electron chi connectivity index (χ3n) is 4.52. The van der Waals surface area contributed by atoms with Crippen LogP contribution in [-0.4, -0.2) is 47.0 Å². The van der Waals surface area contributed by atoms with E-state index in [-0.39, 0.29) is 0 Å². The Hall–Kier alpha value is -0.930. The van der Waals surface area contributed by atoms with Crippen LogP contribution in [-0.2, 0) is 6.54 Å². The number of aromatic nitrogens is 1. The van der Waals surface area contributed by atoms with Crippen molar-refractivity contribution in [2.45, 2.75) is 45.2 Å². The molecule has 3 heterocycles. The van der Waals surface area contributed by atoms with E-state index in [1.165, 1.54) is 57.4 Å². The second-order valence-corrected chi connectivity index (χ2v) is 6.08. The standard InChI is InChI=1S/C16H25N3/c1-14-6-7-15(11-17-14)12-18-8-4-10-19-9-3-2-5-16(19)13-18/h6-7,11,16H,2-5,8-10,12-13H2,1H3. The molecule has 1 unspecified atom stereocenters. The van der Waals surface area contributed by atoms with Crippen molar-refractivity contribution in [2.24, 2.45) is 0 Å². The molecule has 2 fully saturated rings. The van der Waals surface area contributed by atoms with Gasteiger partial charge in [-0.25, -0.2) is 0 Å². The van der Waals surface area contributed by atoms with Crippen molar-refractivity contribution < 1.29 is 0 Å². The van der Waals surface area contributed by atoms with Gasteiger partial charge in [-0.05, 0) is 57.5 Å². The quantitative estimate of drug-likeness (QED) is 0.813. The van der Waals surface area contributed by atoms with Gasteiger partial charge < -0.3 is 0 Å². The SMILES string of the molecule is Cc1ccc(CN2CCCN3CCCCC3C2)cn1. The monoisotopic (exact) mass is 259 g/mol. The highest BCUT2D eigenvalue weighted by molar-refractivity contribution is 5.13. The van der Waals surface area contributed by atoms with Crippen molar-refractivity contribution in [3.05, 3.63) is 29.6 Å². The van der Waals surface area contributed by atoms with Crippen LogP contribution < -0.4 is 0 Å². The van der Waals surface area contributed by atoms with Crippen LogP contribution in [0.4, 0.5) is 0 Å². The second kappa shape index (κ2) is 6.02. The van der Waals surface area contributed by atoms with Gasteiger partial charge in [0.15, 0.2) is 0 Å². The van der Waals surface area contributed by atoms with Gasteiger partial charge in [0.2, 0.25) is 0 Å². The number of rotatable bonds is 2. The molecule has 3 nitrogen and oxygen atoms in total. The molecule has 2 aliphatic rings. The number of hydrogen-bond acceptors (Lipinski definition) is 3. The van der Waals surface area contributed by atoms with Crippen molar-refractivity contribution in [2.75, 3.05) is 26.2 Å². The molecule has 2 saturated heterocycles. The average molecular weight is 259 g/mol. The summed E-state index contributed by atoms with van der Waals surface area (Å²) in [6.07, 6.45) is 7.57. The number of nitrogens with zero attached hydrogens (tertiary/aromatic N) is 3. The number of aryl methyl sites for hydroxylation is 1. The Morgan fingerprint density at radius 2 is 2.05 bits per heavy atom. The number of fused-ring (bicyclic) bond motifs is 1. The van der Waals surface area contributed by atoms with Crippen molar-refractivity contribution in [3.8, 4) is 0 Å². The molecule has 1 aromatic rings. The highest BCUT2D eigenvalue weighted by atomic mass is 15.2. The summed E-state index contributed by atoms with van der Waals surface area (Å²) < 4.78 is 0. The molecule has 0 aromatic carbocycles. The molecule has 0 spiro atoms. The molecule has 1 aromatic heterocycles. The topological polar surface area (TPSA) is 19.4 Å². The summed E-state index contributed by atoms with van der Waals surface area (Å²) in [7, 11) is 0. The molecule has 0 radical (unpaired) electrons.